The van der Waals surface area contributed by atoms with Crippen LogP contribution >= 0.6 is 0 Å². The third-order valence-corrected chi connectivity index (χ3v) is 5.51. The van der Waals surface area contributed by atoms with Gasteiger partial charge in [0.05, 0.1) is 0 Å². The fourth-order valence-electron chi connectivity index (χ4n) is 3.47. The van der Waals surface area contributed by atoms with Crippen LogP contribution in [-0.4, -0.2) is 11.9 Å². The predicted molar refractivity (Wildman–Crippen MR) is 140 cm³/mol. The number of anilines is 3. The van der Waals surface area contributed by atoms with Crippen molar-refractivity contribution in [2.24, 2.45) is 0 Å². The first-order valence-electron chi connectivity index (χ1n) is 11.6. The number of aryl methyl sites for hydroxylation is 2. The van der Waals surface area contributed by atoms with Crippen LogP contribution in [0.2, 0.25) is 0 Å². The van der Waals surface area contributed by atoms with Crippen LogP contribution in [0, 0.1) is 13.8 Å². The first-order chi connectivity index (χ1) is 16.9. The summed E-state index contributed by atoms with van der Waals surface area (Å²) >= 11 is 0. The molecule has 3 rings (SSSR count). The Morgan fingerprint density at radius 2 is 1.09 bits per heavy atom. The lowest BCUT2D eigenvalue weighted by Gasteiger charge is -2.26. The van der Waals surface area contributed by atoms with Gasteiger partial charge in [0, 0.05) is 29.2 Å². The topological polar surface area (TPSA) is 55.8 Å². The lowest BCUT2D eigenvalue weighted by atomic mass is 10.1. The zero-order chi connectivity index (χ0) is 25.2. The first-order valence-corrected chi connectivity index (χ1v) is 11.6. The Labute approximate surface area is 207 Å². The molecule has 0 aromatic heterocycles. The van der Waals surface area contributed by atoms with E-state index in [4.69, 9.17) is 9.47 Å². The van der Waals surface area contributed by atoms with E-state index < -0.39 is 0 Å². The number of benzene rings is 3. The standard InChI is InChI=1S/C30H31NO4/c1-5-7-29(32)34-20-24-10-15-26(16-11-24)31(28-14-9-22(3)23(4)19-28)27-17-12-25(13-18-27)21-35-30(33)8-6-2/h5-19H,20-21H2,1-4H3. The molecule has 0 bridgehead atoms. The predicted octanol–water partition coefficient (Wildman–Crippen LogP) is 7.01. The Bertz CT molecular complexity index is 1140. The molecule has 180 valence electrons. The van der Waals surface area contributed by atoms with Crippen molar-refractivity contribution in [1.29, 1.82) is 0 Å². The van der Waals surface area contributed by atoms with Gasteiger partial charge < -0.3 is 14.4 Å². The van der Waals surface area contributed by atoms with Gasteiger partial charge in [-0.05, 0) is 86.3 Å². The molecule has 5 nitrogen and oxygen atoms in total. The quantitative estimate of drug-likeness (QED) is 0.249. The van der Waals surface area contributed by atoms with Crippen molar-refractivity contribution in [2.75, 3.05) is 4.90 Å². The summed E-state index contributed by atoms with van der Waals surface area (Å²) in [5, 5.41) is 0. The van der Waals surface area contributed by atoms with E-state index in [1.54, 1.807) is 26.0 Å². The summed E-state index contributed by atoms with van der Waals surface area (Å²) in [4.78, 5) is 25.4. The molecule has 0 amide bonds. The molecule has 0 aliphatic rings. The van der Waals surface area contributed by atoms with Gasteiger partial charge in [-0.2, -0.15) is 0 Å². The van der Waals surface area contributed by atoms with Gasteiger partial charge in [0.25, 0.3) is 0 Å². The van der Waals surface area contributed by atoms with Crippen LogP contribution in [-0.2, 0) is 32.3 Å². The van der Waals surface area contributed by atoms with E-state index in [1.807, 2.05) is 48.5 Å². The van der Waals surface area contributed by atoms with Crippen LogP contribution in [0.15, 0.2) is 91.0 Å². The highest BCUT2D eigenvalue weighted by Crippen LogP contribution is 2.35. The molecule has 3 aromatic carbocycles. The summed E-state index contributed by atoms with van der Waals surface area (Å²) in [6, 6.07) is 22.3. The Hall–Kier alpha value is -4.12. The SMILES string of the molecule is CC=CC(=O)OCc1ccc(N(c2ccc(COC(=O)C=CC)cc2)c2ccc(C)c(C)c2)cc1. The summed E-state index contributed by atoms with van der Waals surface area (Å²) in [5.74, 6) is -0.713. The van der Waals surface area contributed by atoms with Crippen molar-refractivity contribution in [3.8, 4) is 0 Å². The fraction of sp³-hybridized carbons (Fsp3) is 0.200. The molecule has 0 aliphatic heterocycles. The van der Waals surface area contributed by atoms with Crippen LogP contribution in [0.4, 0.5) is 17.1 Å². The number of carbonyl (C=O) groups is 2. The van der Waals surface area contributed by atoms with E-state index in [-0.39, 0.29) is 25.2 Å². The normalized spacial score (nSPS) is 11.1. The maximum Gasteiger partial charge on any atom is 0.330 e. The second kappa shape index (κ2) is 12.4. The number of carbonyl (C=O) groups excluding carboxylic acids is 2. The average molecular weight is 470 g/mol. The molecule has 0 heterocycles. The molecule has 0 atom stereocenters. The maximum atomic E-state index is 11.6. The van der Waals surface area contributed by atoms with Crippen molar-refractivity contribution in [2.45, 2.75) is 40.9 Å². The minimum absolute atomic E-state index is 0.216. The number of hydrogen-bond acceptors (Lipinski definition) is 5. The van der Waals surface area contributed by atoms with Crippen molar-refractivity contribution in [3.05, 3.63) is 113 Å². The smallest absolute Gasteiger partial charge is 0.330 e. The fourth-order valence-corrected chi connectivity index (χ4v) is 3.47. The minimum Gasteiger partial charge on any atom is -0.458 e. The van der Waals surface area contributed by atoms with Crippen LogP contribution in [0.5, 0.6) is 0 Å². The lowest BCUT2D eigenvalue weighted by molar-refractivity contribution is -0.139. The van der Waals surface area contributed by atoms with Crippen LogP contribution in [0.25, 0.3) is 0 Å². The molecule has 0 spiro atoms. The summed E-state index contributed by atoms with van der Waals surface area (Å²) < 4.78 is 10.5. The minimum atomic E-state index is -0.357. The maximum absolute atomic E-state index is 11.6. The van der Waals surface area contributed by atoms with E-state index in [1.165, 1.54) is 23.3 Å². The molecule has 3 aromatic rings. The van der Waals surface area contributed by atoms with Crippen molar-refractivity contribution >= 4 is 29.0 Å². The molecule has 0 fully saturated rings. The van der Waals surface area contributed by atoms with Gasteiger partial charge in [-0.3, -0.25) is 0 Å². The summed E-state index contributed by atoms with van der Waals surface area (Å²) in [6.07, 6.45) is 6.12. The van der Waals surface area contributed by atoms with Crippen molar-refractivity contribution in [1.82, 2.24) is 0 Å². The number of hydrogen-bond donors (Lipinski definition) is 0. The number of allylic oxidation sites excluding steroid dienone is 2. The van der Waals surface area contributed by atoms with E-state index in [9.17, 15) is 9.59 Å². The Morgan fingerprint density at radius 1 is 0.657 bits per heavy atom. The molecule has 0 saturated heterocycles. The second-order valence-corrected chi connectivity index (χ2v) is 8.15. The van der Waals surface area contributed by atoms with Crippen molar-refractivity contribution < 1.29 is 19.1 Å². The summed E-state index contributed by atoms with van der Waals surface area (Å²) in [6.45, 7) is 8.18. The third-order valence-electron chi connectivity index (χ3n) is 5.51. The average Bonchev–Trinajstić information content (AvgIpc) is 2.86. The molecule has 5 heteroatoms. The van der Waals surface area contributed by atoms with Gasteiger partial charge in [0.2, 0.25) is 0 Å². The molecular formula is C30H31NO4. The van der Waals surface area contributed by atoms with Gasteiger partial charge in [-0.25, -0.2) is 9.59 Å². The zero-order valence-electron chi connectivity index (χ0n) is 20.7. The molecule has 0 aliphatic carbocycles. The number of rotatable bonds is 9. The van der Waals surface area contributed by atoms with Gasteiger partial charge in [-0.1, -0.05) is 42.5 Å². The molecule has 0 saturated carbocycles. The van der Waals surface area contributed by atoms with Gasteiger partial charge in [-0.15, -0.1) is 0 Å². The van der Waals surface area contributed by atoms with Crippen LogP contribution < -0.4 is 4.90 Å². The summed E-state index contributed by atoms with van der Waals surface area (Å²) in [7, 11) is 0. The highest BCUT2D eigenvalue weighted by atomic mass is 16.5. The van der Waals surface area contributed by atoms with Crippen LogP contribution in [0.3, 0.4) is 0 Å². The van der Waals surface area contributed by atoms with Gasteiger partial charge in [0.1, 0.15) is 13.2 Å². The van der Waals surface area contributed by atoms with E-state index in [0.29, 0.717) is 0 Å². The molecule has 35 heavy (non-hydrogen) atoms. The Morgan fingerprint density at radius 3 is 1.49 bits per heavy atom. The molecule has 0 radical (unpaired) electrons. The monoisotopic (exact) mass is 469 g/mol. The highest BCUT2D eigenvalue weighted by molar-refractivity contribution is 5.82. The molecule has 0 N–H and O–H groups in total. The lowest BCUT2D eigenvalue weighted by Crippen LogP contribution is -2.11. The Balaban J connectivity index is 1.87. The second-order valence-electron chi connectivity index (χ2n) is 8.15. The van der Waals surface area contributed by atoms with Gasteiger partial charge in [0.15, 0.2) is 0 Å². The van der Waals surface area contributed by atoms with E-state index in [0.717, 1.165) is 28.2 Å². The number of esters is 2. The first kappa shape index (κ1) is 25.5. The van der Waals surface area contributed by atoms with E-state index >= 15 is 0 Å². The Kier molecular flexibility index (Phi) is 9.02. The third kappa shape index (κ3) is 7.18. The van der Waals surface area contributed by atoms with E-state index in [2.05, 4.69) is 36.9 Å². The molecule has 0 unspecified atom stereocenters. The number of ether oxygens (including phenoxy) is 2. The largest absolute Gasteiger partial charge is 0.458 e. The van der Waals surface area contributed by atoms with Crippen molar-refractivity contribution in [3.63, 3.8) is 0 Å². The van der Waals surface area contributed by atoms with Crippen LogP contribution in [0.1, 0.15) is 36.1 Å². The highest BCUT2D eigenvalue weighted by Gasteiger charge is 2.14. The molecular weight excluding hydrogens is 438 g/mol. The summed E-state index contributed by atoms with van der Waals surface area (Å²) in [5.41, 5.74) is 7.23. The zero-order valence-corrected chi connectivity index (χ0v) is 20.7. The van der Waals surface area contributed by atoms with Gasteiger partial charge >= 0.3 is 11.9 Å². The number of nitrogens with zero attached hydrogens (tertiary/aromatic N) is 1.